The van der Waals surface area contributed by atoms with Crippen molar-refractivity contribution in [1.82, 2.24) is 19.8 Å². The molecule has 5 nitrogen and oxygen atoms in total. The first-order valence-electron chi connectivity index (χ1n) is 10.5. The normalized spacial score (nSPS) is 18.2. The Labute approximate surface area is 201 Å². The fraction of sp³-hybridized carbons (Fsp3) is 0.200. The highest BCUT2D eigenvalue weighted by Gasteiger charge is 2.41. The van der Waals surface area contributed by atoms with E-state index in [1.165, 1.54) is 17.0 Å². The third-order valence-corrected chi connectivity index (χ3v) is 6.86. The van der Waals surface area contributed by atoms with E-state index >= 15 is 0 Å². The lowest BCUT2D eigenvalue weighted by Crippen LogP contribution is -2.29. The summed E-state index contributed by atoms with van der Waals surface area (Å²) < 4.78 is 9.01. The summed E-state index contributed by atoms with van der Waals surface area (Å²) >= 11 is 9.33. The molecule has 0 spiro atoms. The van der Waals surface area contributed by atoms with Gasteiger partial charge in [-0.25, -0.2) is 0 Å². The van der Waals surface area contributed by atoms with Crippen molar-refractivity contribution in [2.75, 3.05) is 0 Å². The topological polar surface area (TPSA) is 46.2 Å². The summed E-state index contributed by atoms with van der Waals surface area (Å²) in [6, 6.07) is 20.5. The zero-order valence-corrected chi connectivity index (χ0v) is 20.2. The minimum atomic E-state index is -0.0578. The molecular weight excluding hydrogens is 484 g/mol. The van der Waals surface area contributed by atoms with Crippen LogP contribution in [-0.2, 0) is 6.54 Å². The Hall–Kier alpha value is -2.90. The molecule has 2 atom stereocenters. The maximum atomic E-state index is 5.79. The average Bonchev–Trinajstić information content (AvgIpc) is 3.49. The van der Waals surface area contributed by atoms with Gasteiger partial charge in [0.25, 0.3) is 0 Å². The van der Waals surface area contributed by atoms with Crippen LogP contribution in [0.15, 0.2) is 82.0 Å². The van der Waals surface area contributed by atoms with Gasteiger partial charge in [-0.1, -0.05) is 22.0 Å². The zero-order valence-electron chi connectivity index (χ0n) is 17.8. The minimum absolute atomic E-state index is 0.0158. The number of aryl methyl sites for hydroxylation is 1. The molecule has 4 heterocycles. The lowest BCUT2D eigenvalue weighted by atomic mass is 9.96. The molecule has 0 amide bonds. The highest BCUT2D eigenvalue weighted by atomic mass is 79.9. The second kappa shape index (κ2) is 8.56. The number of rotatable bonds is 5. The van der Waals surface area contributed by atoms with Gasteiger partial charge in [-0.15, -0.1) is 0 Å². The van der Waals surface area contributed by atoms with Gasteiger partial charge >= 0.3 is 0 Å². The fourth-order valence-electron chi connectivity index (χ4n) is 4.56. The van der Waals surface area contributed by atoms with Gasteiger partial charge in [-0.05, 0) is 86.2 Å². The molecule has 1 aliphatic rings. The number of nitrogens with one attached hydrogen (secondary N) is 1. The number of thiocarbonyl (C=S) groups is 1. The molecule has 32 heavy (non-hydrogen) atoms. The first-order valence-corrected chi connectivity index (χ1v) is 11.7. The fourth-order valence-corrected chi connectivity index (χ4v) is 5.13. The Morgan fingerprint density at radius 2 is 1.91 bits per heavy atom. The highest BCUT2D eigenvalue weighted by Crippen LogP contribution is 2.42. The highest BCUT2D eigenvalue weighted by molar-refractivity contribution is 9.10. The van der Waals surface area contributed by atoms with E-state index in [0.717, 1.165) is 21.6 Å². The maximum absolute atomic E-state index is 5.79. The molecule has 1 fully saturated rings. The molecule has 7 heteroatoms. The van der Waals surface area contributed by atoms with Crippen molar-refractivity contribution >= 4 is 33.3 Å². The monoisotopic (exact) mass is 506 g/mol. The number of halogens is 1. The van der Waals surface area contributed by atoms with E-state index in [4.69, 9.17) is 16.6 Å². The Balaban J connectivity index is 1.62. The van der Waals surface area contributed by atoms with Crippen LogP contribution in [0.3, 0.4) is 0 Å². The number of aromatic nitrogens is 2. The molecule has 1 saturated heterocycles. The molecule has 162 valence electrons. The van der Waals surface area contributed by atoms with Crippen LogP contribution in [0.2, 0.25) is 0 Å². The van der Waals surface area contributed by atoms with Crippen molar-refractivity contribution in [2.45, 2.75) is 32.5 Å². The van der Waals surface area contributed by atoms with E-state index in [2.05, 4.69) is 85.9 Å². The molecule has 0 bridgehead atoms. The SMILES string of the molecule is Cc1cc([C@@H]2[C@H](c3ccccn3)NC(=S)N2Cc2ccco2)c(C)n1-c1ccc(Br)cc1. The molecule has 0 radical (unpaired) electrons. The van der Waals surface area contributed by atoms with Gasteiger partial charge in [0.15, 0.2) is 5.11 Å². The third-order valence-electron chi connectivity index (χ3n) is 5.98. The van der Waals surface area contributed by atoms with E-state index in [1.807, 2.05) is 30.5 Å². The van der Waals surface area contributed by atoms with E-state index in [-0.39, 0.29) is 12.1 Å². The summed E-state index contributed by atoms with van der Waals surface area (Å²) in [5.74, 6) is 0.877. The summed E-state index contributed by atoms with van der Waals surface area (Å²) in [5, 5.41) is 4.23. The molecule has 0 saturated carbocycles. The Morgan fingerprint density at radius 1 is 1.09 bits per heavy atom. The molecule has 1 aromatic carbocycles. The van der Waals surface area contributed by atoms with Crippen LogP contribution in [0.5, 0.6) is 0 Å². The maximum Gasteiger partial charge on any atom is 0.170 e. The number of furan rings is 1. The second-order valence-electron chi connectivity index (χ2n) is 7.97. The summed E-state index contributed by atoms with van der Waals surface area (Å²) in [6.45, 7) is 4.91. The van der Waals surface area contributed by atoms with Crippen molar-refractivity contribution in [2.24, 2.45) is 0 Å². The van der Waals surface area contributed by atoms with Gasteiger partial charge in [0.05, 0.1) is 30.6 Å². The van der Waals surface area contributed by atoms with Crippen molar-refractivity contribution in [3.8, 4) is 5.69 Å². The largest absolute Gasteiger partial charge is 0.467 e. The number of nitrogens with zero attached hydrogens (tertiary/aromatic N) is 3. The zero-order chi connectivity index (χ0) is 22.2. The van der Waals surface area contributed by atoms with Gasteiger partial charge in [0.2, 0.25) is 0 Å². The van der Waals surface area contributed by atoms with Crippen molar-refractivity contribution in [3.05, 3.63) is 106 Å². The van der Waals surface area contributed by atoms with Gasteiger partial charge < -0.3 is 19.2 Å². The van der Waals surface area contributed by atoms with Crippen LogP contribution in [-0.4, -0.2) is 19.6 Å². The molecule has 0 unspecified atom stereocenters. The Bertz CT molecular complexity index is 1240. The van der Waals surface area contributed by atoms with Crippen LogP contribution in [0.4, 0.5) is 0 Å². The summed E-state index contributed by atoms with van der Waals surface area (Å²) in [4.78, 5) is 6.85. The van der Waals surface area contributed by atoms with Gasteiger partial charge in [0, 0.05) is 27.7 Å². The van der Waals surface area contributed by atoms with Crippen LogP contribution in [0, 0.1) is 13.8 Å². The minimum Gasteiger partial charge on any atom is -0.467 e. The predicted molar refractivity (Wildman–Crippen MR) is 133 cm³/mol. The number of hydrogen-bond acceptors (Lipinski definition) is 3. The Morgan fingerprint density at radius 3 is 2.59 bits per heavy atom. The van der Waals surface area contributed by atoms with E-state index in [0.29, 0.717) is 11.7 Å². The van der Waals surface area contributed by atoms with Gasteiger partial charge in [0.1, 0.15) is 5.76 Å². The summed E-state index contributed by atoms with van der Waals surface area (Å²) in [5.41, 5.74) is 5.69. The summed E-state index contributed by atoms with van der Waals surface area (Å²) in [6.07, 6.45) is 3.53. The van der Waals surface area contributed by atoms with Gasteiger partial charge in [-0.3, -0.25) is 4.98 Å². The molecule has 0 aliphatic carbocycles. The lowest BCUT2D eigenvalue weighted by Gasteiger charge is -2.27. The van der Waals surface area contributed by atoms with Crippen molar-refractivity contribution in [1.29, 1.82) is 0 Å². The van der Waals surface area contributed by atoms with E-state index in [1.54, 1.807) is 6.26 Å². The predicted octanol–water partition coefficient (Wildman–Crippen LogP) is 6.02. The molecule has 3 aromatic heterocycles. The smallest absolute Gasteiger partial charge is 0.170 e. The average molecular weight is 507 g/mol. The van der Waals surface area contributed by atoms with Crippen molar-refractivity contribution < 1.29 is 4.42 Å². The number of hydrogen-bond donors (Lipinski definition) is 1. The molecular formula is C25H23BrN4OS. The standard InChI is InChI=1S/C25H23BrN4OS/c1-16-14-21(17(2)30(16)19-10-8-18(26)9-11-19)24-23(22-7-3-4-12-27-22)28-25(32)29(24)15-20-6-5-13-31-20/h3-14,23-24H,15H2,1-2H3,(H,28,32)/t23-,24+/m0/s1. The van der Waals surface area contributed by atoms with Crippen molar-refractivity contribution in [3.63, 3.8) is 0 Å². The number of benzene rings is 1. The van der Waals surface area contributed by atoms with E-state index < -0.39 is 0 Å². The second-order valence-corrected chi connectivity index (χ2v) is 9.27. The summed E-state index contributed by atoms with van der Waals surface area (Å²) in [7, 11) is 0. The lowest BCUT2D eigenvalue weighted by molar-refractivity contribution is 0.286. The first kappa shape index (κ1) is 21.0. The Kier molecular flexibility index (Phi) is 5.61. The molecule has 1 N–H and O–H groups in total. The molecule has 1 aliphatic heterocycles. The molecule has 5 rings (SSSR count). The van der Waals surface area contributed by atoms with Crippen LogP contribution in [0.25, 0.3) is 5.69 Å². The number of pyridine rings is 1. The van der Waals surface area contributed by atoms with Crippen LogP contribution < -0.4 is 5.32 Å². The van der Waals surface area contributed by atoms with E-state index in [9.17, 15) is 0 Å². The van der Waals surface area contributed by atoms with Crippen LogP contribution in [0.1, 0.15) is 40.5 Å². The third kappa shape index (κ3) is 3.76. The van der Waals surface area contributed by atoms with Gasteiger partial charge in [-0.2, -0.15) is 0 Å². The van der Waals surface area contributed by atoms with Crippen LogP contribution >= 0.6 is 28.1 Å². The molecule has 4 aromatic rings. The first-order chi connectivity index (χ1) is 15.5. The quantitative estimate of drug-likeness (QED) is 0.335.